The van der Waals surface area contributed by atoms with Gasteiger partial charge in [-0.25, -0.2) is 0 Å². The van der Waals surface area contributed by atoms with Crippen molar-refractivity contribution in [2.75, 3.05) is 13.1 Å². The maximum absolute atomic E-state index is 10.4. The Bertz CT molecular complexity index is 402. The summed E-state index contributed by atoms with van der Waals surface area (Å²) in [4.78, 5) is 0. The van der Waals surface area contributed by atoms with Crippen molar-refractivity contribution in [1.29, 1.82) is 0 Å². The Balaban J connectivity index is 2.49. The molecule has 0 heterocycles. The molecule has 0 aliphatic rings. The van der Waals surface area contributed by atoms with Crippen molar-refractivity contribution in [3.05, 3.63) is 34.3 Å². The lowest BCUT2D eigenvalue weighted by Gasteiger charge is -2.24. The molecule has 19 heavy (non-hydrogen) atoms. The van der Waals surface area contributed by atoms with Gasteiger partial charge in [0.1, 0.15) is 0 Å². The molecule has 0 aliphatic carbocycles. The predicted molar refractivity (Wildman–Crippen MR) is 82.8 cm³/mol. The van der Waals surface area contributed by atoms with E-state index in [1.165, 1.54) is 0 Å². The first kappa shape index (κ1) is 16.5. The van der Waals surface area contributed by atoms with Gasteiger partial charge in [0, 0.05) is 11.4 Å². The largest absolute Gasteiger partial charge is 0.390 e. The molecule has 3 heteroatoms. The van der Waals surface area contributed by atoms with Crippen LogP contribution in [0.3, 0.4) is 0 Å². The van der Waals surface area contributed by atoms with Crippen LogP contribution in [0.1, 0.15) is 38.3 Å². The first-order chi connectivity index (χ1) is 8.80. The van der Waals surface area contributed by atoms with Crippen LogP contribution in [0.5, 0.6) is 0 Å². The lowest BCUT2D eigenvalue weighted by molar-refractivity contribution is 0.0514. The first-order valence-electron chi connectivity index (χ1n) is 6.98. The molecule has 0 saturated heterocycles. The zero-order chi connectivity index (χ0) is 14.5. The summed E-state index contributed by atoms with van der Waals surface area (Å²) in [5.74, 6) is 0.636. The molecular weight excluding hydrogens is 258 g/mol. The highest BCUT2D eigenvalue weighted by Crippen LogP contribution is 2.24. The summed E-state index contributed by atoms with van der Waals surface area (Å²) in [6.45, 7) is 10.1. The van der Waals surface area contributed by atoms with Crippen molar-refractivity contribution in [2.45, 2.75) is 46.1 Å². The van der Waals surface area contributed by atoms with Crippen LogP contribution in [0.25, 0.3) is 0 Å². The summed E-state index contributed by atoms with van der Waals surface area (Å²) < 4.78 is 0. The van der Waals surface area contributed by atoms with Gasteiger partial charge in [0.15, 0.2) is 0 Å². The molecular formula is C16H26ClNO. The van der Waals surface area contributed by atoms with Gasteiger partial charge in [-0.05, 0) is 56.5 Å². The van der Waals surface area contributed by atoms with Crippen molar-refractivity contribution < 1.29 is 5.11 Å². The summed E-state index contributed by atoms with van der Waals surface area (Å²) >= 11 is 6.21. The number of hydrogen-bond donors (Lipinski definition) is 2. The number of hydrogen-bond acceptors (Lipinski definition) is 2. The van der Waals surface area contributed by atoms with E-state index in [9.17, 15) is 5.11 Å². The third kappa shape index (κ3) is 6.42. The Morgan fingerprint density at radius 3 is 2.63 bits per heavy atom. The number of rotatable bonds is 7. The minimum Gasteiger partial charge on any atom is -0.390 e. The van der Waals surface area contributed by atoms with Crippen LogP contribution in [-0.2, 0) is 6.42 Å². The Hall–Kier alpha value is -0.570. The average molecular weight is 284 g/mol. The SMILES string of the molecule is Cc1ccc(CC(C)(O)CCNCC(C)C)c(Cl)c1. The molecule has 1 aromatic rings. The van der Waals surface area contributed by atoms with Gasteiger partial charge in [0.2, 0.25) is 0 Å². The highest BCUT2D eigenvalue weighted by molar-refractivity contribution is 6.31. The number of aryl methyl sites for hydroxylation is 1. The van der Waals surface area contributed by atoms with E-state index in [4.69, 9.17) is 11.6 Å². The number of benzene rings is 1. The molecule has 1 atom stereocenters. The first-order valence-corrected chi connectivity index (χ1v) is 7.36. The van der Waals surface area contributed by atoms with Gasteiger partial charge in [0.05, 0.1) is 5.60 Å². The standard InChI is InChI=1S/C16H26ClNO/c1-12(2)11-18-8-7-16(4,19)10-14-6-5-13(3)9-15(14)17/h5-6,9,12,18-19H,7-8,10-11H2,1-4H3. The molecule has 0 amide bonds. The van der Waals surface area contributed by atoms with E-state index in [0.717, 1.165) is 35.7 Å². The zero-order valence-corrected chi connectivity index (χ0v) is 13.2. The number of aliphatic hydroxyl groups is 1. The van der Waals surface area contributed by atoms with Crippen LogP contribution in [0.2, 0.25) is 5.02 Å². The average Bonchev–Trinajstić information content (AvgIpc) is 2.28. The molecule has 0 spiro atoms. The smallest absolute Gasteiger partial charge is 0.0672 e. The Morgan fingerprint density at radius 1 is 1.37 bits per heavy atom. The minimum absolute atomic E-state index is 0.593. The van der Waals surface area contributed by atoms with Gasteiger partial charge < -0.3 is 10.4 Å². The van der Waals surface area contributed by atoms with E-state index in [0.29, 0.717) is 12.3 Å². The van der Waals surface area contributed by atoms with Gasteiger partial charge in [-0.15, -0.1) is 0 Å². The van der Waals surface area contributed by atoms with Gasteiger partial charge in [-0.2, -0.15) is 0 Å². The highest BCUT2D eigenvalue weighted by atomic mass is 35.5. The molecule has 2 N–H and O–H groups in total. The van der Waals surface area contributed by atoms with Crippen molar-refractivity contribution in [2.24, 2.45) is 5.92 Å². The topological polar surface area (TPSA) is 32.3 Å². The second-order valence-corrected chi connectivity index (χ2v) is 6.52. The van der Waals surface area contributed by atoms with Gasteiger partial charge in [-0.3, -0.25) is 0 Å². The van der Waals surface area contributed by atoms with Gasteiger partial charge in [0.25, 0.3) is 0 Å². The van der Waals surface area contributed by atoms with E-state index >= 15 is 0 Å². The molecule has 0 radical (unpaired) electrons. The maximum atomic E-state index is 10.4. The third-order valence-corrected chi connectivity index (χ3v) is 3.52. The van der Waals surface area contributed by atoms with Crippen LogP contribution >= 0.6 is 11.6 Å². The van der Waals surface area contributed by atoms with Gasteiger partial charge in [-0.1, -0.05) is 37.6 Å². The van der Waals surface area contributed by atoms with Crippen molar-refractivity contribution in [3.8, 4) is 0 Å². The quantitative estimate of drug-likeness (QED) is 0.750. The molecule has 1 aromatic carbocycles. The minimum atomic E-state index is -0.719. The molecule has 2 nitrogen and oxygen atoms in total. The van der Waals surface area contributed by atoms with Crippen LogP contribution in [0.4, 0.5) is 0 Å². The zero-order valence-electron chi connectivity index (χ0n) is 12.5. The summed E-state index contributed by atoms with van der Waals surface area (Å²) in [6.07, 6.45) is 1.32. The maximum Gasteiger partial charge on any atom is 0.0672 e. The molecule has 0 fully saturated rings. The van der Waals surface area contributed by atoms with E-state index in [1.807, 2.05) is 32.0 Å². The van der Waals surface area contributed by atoms with Gasteiger partial charge >= 0.3 is 0 Å². The number of nitrogens with one attached hydrogen (secondary N) is 1. The Labute approximate surface area is 122 Å². The second-order valence-electron chi connectivity index (χ2n) is 6.12. The number of halogens is 1. The molecule has 108 valence electrons. The second kappa shape index (κ2) is 7.28. The molecule has 1 unspecified atom stereocenters. The Morgan fingerprint density at radius 2 is 2.05 bits per heavy atom. The third-order valence-electron chi connectivity index (χ3n) is 3.17. The van der Waals surface area contributed by atoms with Crippen LogP contribution in [0.15, 0.2) is 18.2 Å². The van der Waals surface area contributed by atoms with E-state index < -0.39 is 5.60 Å². The van der Waals surface area contributed by atoms with E-state index in [1.54, 1.807) is 0 Å². The van der Waals surface area contributed by atoms with Crippen molar-refractivity contribution >= 4 is 11.6 Å². The lowest BCUT2D eigenvalue weighted by atomic mass is 9.92. The van der Waals surface area contributed by atoms with Crippen molar-refractivity contribution in [3.63, 3.8) is 0 Å². The summed E-state index contributed by atoms with van der Waals surface area (Å²) in [5.41, 5.74) is 1.44. The van der Waals surface area contributed by atoms with E-state index in [2.05, 4.69) is 19.2 Å². The normalized spacial score (nSPS) is 14.7. The molecule has 0 aromatic heterocycles. The Kier molecular flexibility index (Phi) is 6.31. The van der Waals surface area contributed by atoms with Crippen LogP contribution in [-0.4, -0.2) is 23.8 Å². The fourth-order valence-electron chi connectivity index (χ4n) is 2.04. The molecule has 0 bridgehead atoms. The van der Waals surface area contributed by atoms with Crippen molar-refractivity contribution in [1.82, 2.24) is 5.32 Å². The lowest BCUT2D eigenvalue weighted by Crippen LogP contribution is -2.33. The highest BCUT2D eigenvalue weighted by Gasteiger charge is 2.21. The summed E-state index contributed by atoms with van der Waals surface area (Å²) in [7, 11) is 0. The monoisotopic (exact) mass is 283 g/mol. The fourth-order valence-corrected chi connectivity index (χ4v) is 2.34. The molecule has 1 rings (SSSR count). The molecule has 0 aliphatic heterocycles. The fraction of sp³-hybridized carbons (Fsp3) is 0.625. The molecule has 0 saturated carbocycles. The summed E-state index contributed by atoms with van der Waals surface area (Å²) in [6, 6.07) is 5.99. The van der Waals surface area contributed by atoms with Crippen LogP contribution in [0, 0.1) is 12.8 Å². The van der Waals surface area contributed by atoms with Crippen LogP contribution < -0.4 is 5.32 Å². The predicted octanol–water partition coefficient (Wildman–Crippen LogP) is 3.58. The van der Waals surface area contributed by atoms with E-state index in [-0.39, 0.29) is 0 Å². The summed E-state index contributed by atoms with van der Waals surface area (Å²) in [5, 5.41) is 14.5.